The zero-order valence-corrected chi connectivity index (χ0v) is 21.4. The van der Waals surface area contributed by atoms with Gasteiger partial charge in [0.15, 0.2) is 5.60 Å². The number of aliphatic hydroxyl groups excluding tert-OH is 1. The van der Waals surface area contributed by atoms with Crippen molar-refractivity contribution in [2.75, 3.05) is 0 Å². The summed E-state index contributed by atoms with van der Waals surface area (Å²) in [6.07, 6.45) is 0.131. The average molecular weight is 522 g/mol. The molecular weight excluding hydrogens is 493 g/mol. The highest BCUT2D eigenvalue weighted by Gasteiger charge is 2.46. The molecule has 2 aromatic heterocycles. The van der Waals surface area contributed by atoms with Gasteiger partial charge in [-0.05, 0) is 55.4 Å². The summed E-state index contributed by atoms with van der Waals surface area (Å²) in [4.78, 5) is 43.6. The van der Waals surface area contributed by atoms with Crippen LogP contribution in [0.15, 0.2) is 16.9 Å². The Morgan fingerprint density at radius 2 is 2.05 bits per heavy atom. The second-order valence-electron chi connectivity index (χ2n) is 10.3. The second kappa shape index (κ2) is 8.44. The van der Waals surface area contributed by atoms with Gasteiger partial charge in [-0.1, -0.05) is 13.8 Å². The largest absolute Gasteiger partial charge is 0.458 e. The molecule has 10 heteroatoms. The van der Waals surface area contributed by atoms with Crippen LogP contribution in [0, 0.1) is 12.7 Å². The number of esters is 1. The molecule has 3 N–H and O–H groups in total. The third-order valence-corrected chi connectivity index (χ3v) is 8.38. The van der Waals surface area contributed by atoms with E-state index in [0.717, 1.165) is 16.5 Å². The molecule has 3 aliphatic rings. The summed E-state index contributed by atoms with van der Waals surface area (Å²) in [7, 11) is 0. The molecule has 1 amide bonds. The summed E-state index contributed by atoms with van der Waals surface area (Å²) in [5.41, 5.74) is 2.11. The number of hydrogen-bond donors (Lipinski definition) is 3. The number of cyclic esters (lactones) is 1. The van der Waals surface area contributed by atoms with E-state index in [9.17, 15) is 29.0 Å². The normalized spacial score (nSPS) is 21.9. The van der Waals surface area contributed by atoms with Crippen molar-refractivity contribution in [2.45, 2.75) is 77.4 Å². The molecule has 3 atom stereocenters. The third kappa shape index (κ3) is 3.23. The van der Waals surface area contributed by atoms with E-state index in [-0.39, 0.29) is 37.1 Å². The molecule has 2 aliphatic heterocycles. The van der Waals surface area contributed by atoms with Crippen LogP contribution in [0.5, 0.6) is 0 Å². The van der Waals surface area contributed by atoms with Gasteiger partial charge in [0.1, 0.15) is 18.5 Å². The van der Waals surface area contributed by atoms with Gasteiger partial charge >= 0.3 is 5.97 Å². The van der Waals surface area contributed by atoms with Gasteiger partial charge < -0.3 is 24.8 Å². The van der Waals surface area contributed by atoms with E-state index in [1.165, 1.54) is 10.6 Å². The number of ether oxygens (including phenoxy) is 1. The summed E-state index contributed by atoms with van der Waals surface area (Å²) in [6.45, 7) is 4.99. The number of hydrogen-bond acceptors (Lipinski definition) is 7. The average Bonchev–Trinajstić information content (AvgIpc) is 3.28. The number of pyridine rings is 2. The third-order valence-electron chi connectivity index (χ3n) is 8.38. The Morgan fingerprint density at radius 1 is 1.29 bits per heavy atom. The van der Waals surface area contributed by atoms with Crippen molar-refractivity contribution in [3.63, 3.8) is 0 Å². The Labute approximate surface area is 217 Å². The van der Waals surface area contributed by atoms with Crippen LogP contribution in [0.1, 0.15) is 72.5 Å². The van der Waals surface area contributed by atoms with Gasteiger partial charge in [0.2, 0.25) is 5.91 Å². The van der Waals surface area contributed by atoms with E-state index in [1.807, 2.05) is 0 Å². The Bertz CT molecular complexity index is 1630. The number of amides is 1. The standard InChI is InChI=1S/C28H28FN3O6/c1-4-21(33)25(34)31-18-7-6-13-12(3)17(29)9-19-22(13)23(18)14-10-32-20(24(14)30-19)8-16-15(26(32)35)11-38-27(36)28(16,37)5-2/h8-9,18,21,33,37H,4-7,10-11H2,1-3H3,(H,31,34)/t18-,21+,28-/m0/s1. The minimum Gasteiger partial charge on any atom is -0.458 e. The van der Waals surface area contributed by atoms with Gasteiger partial charge in [-0.15, -0.1) is 0 Å². The molecule has 0 unspecified atom stereocenters. The number of halogens is 1. The van der Waals surface area contributed by atoms with Crippen molar-refractivity contribution in [1.29, 1.82) is 0 Å². The van der Waals surface area contributed by atoms with Crippen molar-refractivity contribution in [2.24, 2.45) is 0 Å². The molecule has 0 radical (unpaired) electrons. The van der Waals surface area contributed by atoms with Crippen LogP contribution in [-0.4, -0.2) is 37.7 Å². The fourth-order valence-corrected chi connectivity index (χ4v) is 6.15. The number of carbonyl (C=O) groups is 2. The number of fused-ring (bicyclic) bond motifs is 5. The Kier molecular flexibility index (Phi) is 5.48. The van der Waals surface area contributed by atoms with Crippen molar-refractivity contribution >= 4 is 22.8 Å². The molecule has 9 nitrogen and oxygen atoms in total. The molecule has 0 bridgehead atoms. The summed E-state index contributed by atoms with van der Waals surface area (Å²) >= 11 is 0. The zero-order chi connectivity index (χ0) is 27.1. The molecule has 1 aliphatic carbocycles. The lowest BCUT2D eigenvalue weighted by atomic mass is 9.81. The van der Waals surface area contributed by atoms with Crippen molar-refractivity contribution in [3.05, 3.63) is 61.7 Å². The van der Waals surface area contributed by atoms with Crippen LogP contribution in [0.25, 0.3) is 22.3 Å². The summed E-state index contributed by atoms with van der Waals surface area (Å²) < 4.78 is 21.6. The quantitative estimate of drug-likeness (QED) is 0.352. The first kappa shape index (κ1) is 24.7. The highest BCUT2D eigenvalue weighted by Crippen LogP contribution is 2.45. The van der Waals surface area contributed by atoms with Crippen LogP contribution < -0.4 is 10.9 Å². The highest BCUT2D eigenvalue weighted by molar-refractivity contribution is 5.94. The minimum atomic E-state index is -1.96. The van der Waals surface area contributed by atoms with E-state index in [4.69, 9.17) is 9.72 Å². The molecule has 3 aromatic rings. The monoisotopic (exact) mass is 521 g/mol. The zero-order valence-electron chi connectivity index (χ0n) is 21.4. The predicted octanol–water partition coefficient (Wildman–Crippen LogP) is 2.40. The van der Waals surface area contributed by atoms with Gasteiger partial charge in [0.05, 0.1) is 35.1 Å². The van der Waals surface area contributed by atoms with Crippen molar-refractivity contribution < 1.29 is 28.9 Å². The lowest BCUT2D eigenvalue weighted by Crippen LogP contribution is -2.44. The van der Waals surface area contributed by atoms with Crippen LogP contribution in [0.3, 0.4) is 0 Å². The molecule has 0 saturated heterocycles. The molecule has 0 fully saturated rings. The van der Waals surface area contributed by atoms with Gasteiger partial charge in [0, 0.05) is 22.6 Å². The minimum absolute atomic E-state index is 0.0205. The lowest BCUT2D eigenvalue weighted by Gasteiger charge is -2.31. The Hall–Kier alpha value is -3.63. The number of nitrogens with zero attached hydrogens (tertiary/aromatic N) is 2. The summed E-state index contributed by atoms with van der Waals surface area (Å²) in [6, 6.07) is 2.50. The predicted molar refractivity (Wildman–Crippen MR) is 135 cm³/mol. The van der Waals surface area contributed by atoms with Gasteiger partial charge in [-0.25, -0.2) is 14.2 Å². The number of aliphatic hydroxyl groups is 2. The van der Waals surface area contributed by atoms with E-state index in [1.54, 1.807) is 26.8 Å². The molecule has 6 rings (SSSR count). The number of carbonyl (C=O) groups excluding carboxylic acids is 2. The smallest absolute Gasteiger partial charge is 0.343 e. The first-order chi connectivity index (χ1) is 18.1. The topological polar surface area (TPSA) is 131 Å². The van der Waals surface area contributed by atoms with E-state index in [0.29, 0.717) is 40.9 Å². The fraction of sp³-hybridized carbons (Fsp3) is 0.429. The Morgan fingerprint density at radius 3 is 2.76 bits per heavy atom. The molecule has 0 saturated carbocycles. The highest BCUT2D eigenvalue weighted by atomic mass is 19.1. The maximum absolute atomic E-state index is 15.0. The van der Waals surface area contributed by atoms with Crippen molar-refractivity contribution in [3.8, 4) is 11.4 Å². The lowest BCUT2D eigenvalue weighted by molar-refractivity contribution is -0.172. The molecule has 38 heavy (non-hydrogen) atoms. The van der Waals surface area contributed by atoms with E-state index in [2.05, 4.69) is 5.32 Å². The number of aromatic nitrogens is 2. The number of nitrogens with one attached hydrogen (secondary N) is 1. The first-order valence-corrected chi connectivity index (χ1v) is 12.9. The summed E-state index contributed by atoms with van der Waals surface area (Å²) in [5, 5.41) is 25.0. The maximum Gasteiger partial charge on any atom is 0.343 e. The van der Waals surface area contributed by atoms with Crippen LogP contribution in [0.4, 0.5) is 4.39 Å². The number of benzene rings is 1. The molecule has 198 valence electrons. The van der Waals surface area contributed by atoms with Crippen LogP contribution in [0.2, 0.25) is 0 Å². The molecule has 4 heterocycles. The molecule has 0 spiro atoms. The second-order valence-corrected chi connectivity index (χ2v) is 10.3. The fourth-order valence-electron chi connectivity index (χ4n) is 6.15. The summed E-state index contributed by atoms with van der Waals surface area (Å²) in [5.74, 6) is -1.69. The van der Waals surface area contributed by atoms with E-state index >= 15 is 0 Å². The Balaban J connectivity index is 1.63. The van der Waals surface area contributed by atoms with E-state index < -0.39 is 41.0 Å². The number of aryl methyl sites for hydroxylation is 1. The number of rotatable bonds is 4. The molecular formula is C28H28FN3O6. The maximum atomic E-state index is 15.0. The molecule has 1 aromatic carbocycles. The van der Waals surface area contributed by atoms with Crippen LogP contribution >= 0.6 is 0 Å². The first-order valence-electron chi connectivity index (χ1n) is 12.9. The van der Waals surface area contributed by atoms with Gasteiger partial charge in [-0.3, -0.25) is 9.59 Å². The van der Waals surface area contributed by atoms with Gasteiger partial charge in [-0.2, -0.15) is 0 Å². The van der Waals surface area contributed by atoms with Crippen LogP contribution in [-0.2, 0) is 39.5 Å². The van der Waals surface area contributed by atoms with Gasteiger partial charge in [0.25, 0.3) is 5.56 Å². The SMILES string of the molecule is CC[C@@H](O)C(=O)N[C@H]1CCc2c(C)c(F)cc3nc4c(c1c23)Cn1c-4cc2c(c1=O)COC(=O)[C@]2(O)CC. The van der Waals surface area contributed by atoms with Crippen molar-refractivity contribution in [1.82, 2.24) is 14.9 Å².